The van der Waals surface area contributed by atoms with Crippen LogP contribution in [0, 0.1) is 6.92 Å². The number of hydrogen-bond donors (Lipinski definition) is 0. The van der Waals surface area contributed by atoms with E-state index < -0.39 is 15.1 Å². The van der Waals surface area contributed by atoms with Crippen LogP contribution in [-0.2, 0) is 16.3 Å². The van der Waals surface area contributed by atoms with Crippen LogP contribution in [0.5, 0.6) is 0 Å². The lowest BCUT2D eigenvalue weighted by Gasteiger charge is -2.31. The van der Waals surface area contributed by atoms with Crippen LogP contribution in [0.15, 0.2) is 46.7 Å². The van der Waals surface area contributed by atoms with Crippen molar-refractivity contribution in [3.05, 3.63) is 73.7 Å². The number of aromatic nitrogens is 1. The molecule has 2 aromatic carbocycles. The quantitative estimate of drug-likeness (QED) is 0.392. The number of anilines is 1. The first-order valence-electron chi connectivity index (χ1n) is 9.87. The van der Waals surface area contributed by atoms with Crippen LogP contribution in [0.2, 0.25) is 15.1 Å². The molecule has 0 saturated carbocycles. The van der Waals surface area contributed by atoms with Gasteiger partial charge >= 0.3 is 0 Å². The molecule has 3 aromatic rings. The normalized spacial score (nSPS) is 15.4. The summed E-state index contributed by atoms with van der Waals surface area (Å²) < 4.78 is 26.4. The molecule has 1 fully saturated rings. The van der Waals surface area contributed by atoms with Crippen LogP contribution in [0.3, 0.4) is 0 Å². The fraction of sp³-hybridized carbons (Fsp3) is 0.318. The van der Waals surface area contributed by atoms with Gasteiger partial charge in [-0.15, -0.1) is 11.3 Å². The van der Waals surface area contributed by atoms with Crippen molar-refractivity contribution in [1.82, 2.24) is 4.98 Å². The minimum Gasteiger partial charge on any atom is -0.348 e. The van der Waals surface area contributed by atoms with Gasteiger partial charge in [0.15, 0.2) is 15.0 Å². The Balaban J connectivity index is 1.42. The molecule has 164 valence electrons. The highest BCUT2D eigenvalue weighted by atomic mass is 35.5. The molecule has 0 spiro atoms. The minimum absolute atomic E-state index is 0.175. The van der Waals surface area contributed by atoms with Crippen LogP contribution in [-0.4, -0.2) is 31.7 Å². The van der Waals surface area contributed by atoms with Gasteiger partial charge in [-0.3, -0.25) is 0 Å². The maximum atomic E-state index is 13.2. The molecular formula is C22H21Cl3N2O2S2. The molecule has 1 aliphatic heterocycles. The summed E-state index contributed by atoms with van der Waals surface area (Å²) in [5.74, 6) is 0. The summed E-state index contributed by atoms with van der Waals surface area (Å²) in [7, 11) is -3.52. The summed E-state index contributed by atoms with van der Waals surface area (Å²) in [6.45, 7) is 3.06. The van der Waals surface area contributed by atoms with Gasteiger partial charge in [-0.25, -0.2) is 13.4 Å². The third kappa shape index (κ3) is 5.04. The monoisotopic (exact) mass is 514 g/mol. The molecule has 4 nitrogen and oxygen atoms in total. The lowest BCUT2D eigenvalue weighted by molar-refractivity contribution is 0.529. The van der Waals surface area contributed by atoms with Crippen molar-refractivity contribution in [2.75, 3.05) is 18.0 Å². The second-order valence-electron chi connectivity index (χ2n) is 7.69. The molecule has 0 N–H and O–H groups in total. The Morgan fingerprint density at radius 2 is 1.74 bits per heavy atom. The minimum atomic E-state index is -3.52. The van der Waals surface area contributed by atoms with Crippen molar-refractivity contribution in [2.24, 2.45) is 0 Å². The Hall–Kier alpha value is -1.31. The third-order valence-electron chi connectivity index (χ3n) is 5.51. The van der Waals surface area contributed by atoms with E-state index in [0.29, 0.717) is 36.5 Å². The van der Waals surface area contributed by atoms with Crippen molar-refractivity contribution >= 4 is 61.1 Å². The van der Waals surface area contributed by atoms with Crippen molar-refractivity contribution < 1.29 is 8.42 Å². The number of thiazole rings is 1. The molecule has 0 atom stereocenters. The Labute approximate surface area is 201 Å². The fourth-order valence-corrected chi connectivity index (χ4v) is 7.29. The smallest absolute Gasteiger partial charge is 0.185 e. The zero-order valence-electron chi connectivity index (χ0n) is 16.8. The highest BCUT2D eigenvalue weighted by molar-refractivity contribution is 7.92. The van der Waals surface area contributed by atoms with Crippen LogP contribution >= 0.6 is 46.1 Å². The third-order valence-corrected chi connectivity index (χ3v) is 9.84. The van der Waals surface area contributed by atoms with Gasteiger partial charge in [-0.05, 0) is 55.2 Å². The van der Waals surface area contributed by atoms with E-state index in [9.17, 15) is 8.42 Å². The molecule has 1 saturated heterocycles. The summed E-state index contributed by atoms with van der Waals surface area (Å²) in [5.41, 5.74) is 2.86. The zero-order chi connectivity index (χ0) is 22.2. The van der Waals surface area contributed by atoms with E-state index in [4.69, 9.17) is 39.8 Å². The number of aryl methyl sites for hydroxylation is 1. The summed E-state index contributed by atoms with van der Waals surface area (Å²) in [6, 6.07) is 10.9. The van der Waals surface area contributed by atoms with Gasteiger partial charge in [0.2, 0.25) is 0 Å². The maximum Gasteiger partial charge on any atom is 0.185 e. The highest BCUT2D eigenvalue weighted by Gasteiger charge is 2.33. The molecule has 0 amide bonds. The van der Waals surface area contributed by atoms with Crippen molar-refractivity contribution in [1.29, 1.82) is 0 Å². The van der Waals surface area contributed by atoms with E-state index in [1.54, 1.807) is 24.3 Å². The molecule has 0 unspecified atom stereocenters. The van der Waals surface area contributed by atoms with Crippen molar-refractivity contribution in [2.45, 2.75) is 36.3 Å². The van der Waals surface area contributed by atoms with E-state index in [0.717, 1.165) is 27.8 Å². The number of rotatable bonds is 5. The first-order valence-corrected chi connectivity index (χ1v) is 13.4. The largest absolute Gasteiger partial charge is 0.348 e. The number of nitrogens with zero attached hydrogens (tertiary/aromatic N) is 2. The van der Waals surface area contributed by atoms with Crippen molar-refractivity contribution in [3.63, 3.8) is 0 Å². The average Bonchev–Trinajstić information content (AvgIpc) is 3.21. The molecule has 0 radical (unpaired) electrons. The van der Waals surface area contributed by atoms with Crippen LogP contribution in [0.1, 0.15) is 29.7 Å². The second kappa shape index (κ2) is 9.28. The molecule has 31 heavy (non-hydrogen) atoms. The molecule has 4 rings (SSSR count). The first kappa shape index (κ1) is 22.9. The van der Waals surface area contributed by atoms with Gasteiger partial charge in [-0.1, -0.05) is 46.9 Å². The summed E-state index contributed by atoms with van der Waals surface area (Å²) in [6.07, 6.45) is 1.81. The van der Waals surface area contributed by atoms with Gasteiger partial charge in [0.05, 0.1) is 20.9 Å². The zero-order valence-corrected chi connectivity index (χ0v) is 20.7. The first-order chi connectivity index (χ1) is 14.7. The van der Waals surface area contributed by atoms with E-state index >= 15 is 0 Å². The lowest BCUT2D eigenvalue weighted by atomic mass is 10.1. The Kier molecular flexibility index (Phi) is 6.85. The van der Waals surface area contributed by atoms with E-state index in [2.05, 4.69) is 10.3 Å². The summed E-state index contributed by atoms with van der Waals surface area (Å²) in [4.78, 5) is 7.10. The van der Waals surface area contributed by atoms with Crippen LogP contribution in [0.25, 0.3) is 0 Å². The van der Waals surface area contributed by atoms with E-state index in [-0.39, 0.29) is 9.92 Å². The van der Waals surface area contributed by atoms with E-state index in [1.807, 2.05) is 24.3 Å². The molecular weight excluding hydrogens is 495 g/mol. The predicted octanol–water partition coefficient (Wildman–Crippen LogP) is 6.45. The summed E-state index contributed by atoms with van der Waals surface area (Å²) >= 11 is 19.8. The fourth-order valence-electron chi connectivity index (χ4n) is 3.72. The molecule has 9 heteroatoms. The van der Waals surface area contributed by atoms with Crippen LogP contribution in [0.4, 0.5) is 5.13 Å². The van der Waals surface area contributed by atoms with Crippen LogP contribution < -0.4 is 4.90 Å². The standard InChI is InChI=1S/C22H21Cl3N2O2S2/c1-14-10-21(20(25)12-19(14)24)31(28,29)18-6-8-27(9-7-18)22-26-17(13-30-22)11-15-2-4-16(23)5-3-15/h2-5,10,12-13,18H,6-9,11H2,1H3. The number of halogens is 3. The number of piperidine rings is 1. The van der Waals surface area contributed by atoms with Gasteiger partial charge in [-0.2, -0.15) is 0 Å². The predicted molar refractivity (Wildman–Crippen MR) is 130 cm³/mol. The lowest BCUT2D eigenvalue weighted by Crippen LogP contribution is -2.39. The molecule has 0 bridgehead atoms. The van der Waals surface area contributed by atoms with Crippen molar-refractivity contribution in [3.8, 4) is 0 Å². The Morgan fingerprint density at radius 3 is 2.42 bits per heavy atom. The Morgan fingerprint density at radius 1 is 1.06 bits per heavy atom. The SMILES string of the molecule is Cc1cc(S(=O)(=O)C2CCN(c3nc(Cc4ccc(Cl)cc4)cs3)CC2)c(Cl)cc1Cl. The molecule has 0 aliphatic carbocycles. The molecule has 1 aromatic heterocycles. The van der Waals surface area contributed by atoms with Gasteiger partial charge < -0.3 is 4.90 Å². The van der Waals surface area contributed by atoms with Gasteiger partial charge in [0.1, 0.15) is 0 Å². The van der Waals surface area contributed by atoms with Gasteiger partial charge in [0.25, 0.3) is 0 Å². The highest BCUT2D eigenvalue weighted by Crippen LogP contribution is 2.34. The average molecular weight is 516 g/mol. The Bertz CT molecular complexity index is 1190. The molecule has 1 aliphatic rings. The second-order valence-corrected chi connectivity index (χ2v) is 12.0. The maximum absolute atomic E-state index is 13.2. The summed E-state index contributed by atoms with van der Waals surface area (Å²) in [5, 5.41) is 3.90. The van der Waals surface area contributed by atoms with E-state index in [1.165, 1.54) is 6.07 Å². The number of hydrogen-bond acceptors (Lipinski definition) is 5. The number of benzene rings is 2. The molecule has 2 heterocycles. The topological polar surface area (TPSA) is 50.3 Å². The number of sulfone groups is 1. The van der Waals surface area contributed by atoms with Gasteiger partial charge in [0, 0.05) is 34.9 Å².